The second kappa shape index (κ2) is 7.13. The second-order valence-electron chi connectivity index (χ2n) is 5.46. The molecule has 0 aliphatic heterocycles. The van der Waals surface area contributed by atoms with Crippen molar-refractivity contribution in [2.45, 2.75) is 6.10 Å². The van der Waals surface area contributed by atoms with Crippen LogP contribution in [0.25, 0.3) is 10.1 Å². The van der Waals surface area contributed by atoms with Crippen LogP contribution in [0.5, 0.6) is 11.5 Å². The number of hydrogen-bond acceptors (Lipinski definition) is 5. The first-order valence-electron chi connectivity index (χ1n) is 7.66. The summed E-state index contributed by atoms with van der Waals surface area (Å²) in [5, 5.41) is 0.809. The minimum absolute atomic E-state index is 0.392. The van der Waals surface area contributed by atoms with Crippen molar-refractivity contribution in [3.63, 3.8) is 0 Å². The summed E-state index contributed by atoms with van der Waals surface area (Å²) >= 11 is 1.48. The van der Waals surface area contributed by atoms with Crippen LogP contribution >= 0.6 is 11.3 Å². The maximum atomic E-state index is 12.1. The highest BCUT2D eigenvalue weighted by molar-refractivity contribution is 7.19. The molecule has 6 heteroatoms. The third kappa shape index (κ3) is 3.18. The molecule has 5 nitrogen and oxygen atoms in total. The Morgan fingerprint density at radius 2 is 1.64 bits per heavy atom. The van der Waals surface area contributed by atoms with Gasteiger partial charge in [-0.25, -0.2) is 0 Å². The van der Waals surface area contributed by atoms with Gasteiger partial charge in [-0.1, -0.05) is 12.1 Å². The fraction of sp³-hybridized carbons (Fsp3) is 0.211. The Bertz CT molecular complexity index is 902. The summed E-state index contributed by atoms with van der Waals surface area (Å²) in [6, 6.07) is 13.1. The van der Waals surface area contributed by atoms with E-state index in [9.17, 15) is 4.79 Å². The van der Waals surface area contributed by atoms with Gasteiger partial charge in [0.15, 0.2) is 0 Å². The number of thiophene rings is 1. The molecule has 0 fully saturated rings. The molecule has 0 saturated carbocycles. The number of rotatable bonds is 6. The number of fused-ring (bicyclic) bond motifs is 1. The smallest absolute Gasteiger partial charge is 0.250 e. The number of nitrogens with two attached hydrogens (primary N) is 1. The van der Waals surface area contributed by atoms with Gasteiger partial charge in [0.2, 0.25) is 0 Å². The average Bonchev–Trinajstić information content (AvgIpc) is 3.01. The number of primary amides is 1. The molecule has 1 unspecified atom stereocenters. The molecule has 2 aromatic carbocycles. The third-order valence-corrected chi connectivity index (χ3v) is 5.26. The Kier molecular flexibility index (Phi) is 4.92. The van der Waals surface area contributed by atoms with Gasteiger partial charge in [0.1, 0.15) is 17.6 Å². The predicted octanol–water partition coefficient (Wildman–Crippen LogP) is 3.75. The van der Waals surface area contributed by atoms with Gasteiger partial charge >= 0.3 is 0 Å². The molecule has 1 amide bonds. The lowest BCUT2D eigenvalue weighted by molar-refractivity contribution is 0.0992. The fourth-order valence-electron chi connectivity index (χ4n) is 2.83. The molecule has 130 valence electrons. The largest absolute Gasteiger partial charge is 0.497 e. The van der Waals surface area contributed by atoms with Crippen molar-refractivity contribution in [3.05, 3.63) is 58.5 Å². The molecule has 1 aromatic heterocycles. The number of amides is 1. The molecule has 0 bridgehead atoms. The Balaban J connectivity index is 2.16. The Morgan fingerprint density at radius 3 is 2.20 bits per heavy atom. The van der Waals surface area contributed by atoms with E-state index >= 15 is 0 Å². The SMILES string of the molecule is COc1ccc(C(OC)c2sc3cc(OC)ccc3c2C(N)=O)cc1. The van der Waals surface area contributed by atoms with E-state index in [1.807, 2.05) is 42.5 Å². The molecule has 1 heterocycles. The fourth-order valence-corrected chi connectivity index (χ4v) is 4.18. The van der Waals surface area contributed by atoms with E-state index < -0.39 is 12.0 Å². The van der Waals surface area contributed by atoms with E-state index in [1.165, 1.54) is 11.3 Å². The first-order chi connectivity index (χ1) is 12.1. The van der Waals surface area contributed by atoms with E-state index in [-0.39, 0.29) is 0 Å². The molecule has 0 aliphatic rings. The van der Waals surface area contributed by atoms with Gasteiger partial charge in [-0.05, 0) is 35.9 Å². The van der Waals surface area contributed by atoms with Crippen molar-refractivity contribution in [2.75, 3.05) is 21.3 Å². The first-order valence-corrected chi connectivity index (χ1v) is 8.47. The zero-order valence-electron chi connectivity index (χ0n) is 14.2. The zero-order chi connectivity index (χ0) is 18.0. The molecule has 3 aromatic rings. The van der Waals surface area contributed by atoms with Gasteiger partial charge in [-0.2, -0.15) is 0 Å². The van der Waals surface area contributed by atoms with Crippen LogP contribution in [-0.4, -0.2) is 27.2 Å². The maximum Gasteiger partial charge on any atom is 0.250 e. The number of ether oxygens (including phenoxy) is 3. The first kappa shape index (κ1) is 17.3. The standard InChI is InChI=1S/C19H19NO4S/c1-22-12-6-4-11(5-7-12)17(24-3)18-16(19(20)21)14-9-8-13(23-2)10-15(14)25-18/h4-10,17H,1-3H3,(H2,20,21). The Hall–Kier alpha value is -2.57. The van der Waals surface area contributed by atoms with Gasteiger partial charge in [0.05, 0.1) is 24.7 Å². The van der Waals surface area contributed by atoms with E-state index in [4.69, 9.17) is 19.9 Å². The highest BCUT2D eigenvalue weighted by Gasteiger charge is 2.25. The van der Waals surface area contributed by atoms with Crippen molar-refractivity contribution in [1.29, 1.82) is 0 Å². The average molecular weight is 357 g/mol. The molecular weight excluding hydrogens is 338 g/mol. The van der Waals surface area contributed by atoms with Crippen molar-refractivity contribution in [3.8, 4) is 11.5 Å². The number of benzene rings is 2. The minimum Gasteiger partial charge on any atom is -0.497 e. The topological polar surface area (TPSA) is 70.8 Å². The van der Waals surface area contributed by atoms with Crippen molar-refractivity contribution >= 4 is 27.3 Å². The number of carbonyl (C=O) groups excluding carboxylic acids is 1. The van der Waals surface area contributed by atoms with Gasteiger partial charge in [0, 0.05) is 17.2 Å². The molecule has 1 atom stereocenters. The maximum absolute atomic E-state index is 12.1. The highest BCUT2D eigenvalue weighted by Crippen LogP contribution is 2.40. The van der Waals surface area contributed by atoms with Gasteiger partial charge in [0.25, 0.3) is 5.91 Å². The molecule has 0 aliphatic carbocycles. The summed E-state index contributed by atoms with van der Waals surface area (Å²) in [4.78, 5) is 12.9. The van der Waals surface area contributed by atoms with E-state index in [0.717, 1.165) is 32.0 Å². The van der Waals surface area contributed by atoms with Crippen LogP contribution in [0, 0.1) is 0 Å². The van der Waals surface area contributed by atoms with Crippen molar-refractivity contribution < 1.29 is 19.0 Å². The summed E-state index contributed by atoms with van der Waals surface area (Å²) < 4.78 is 17.1. The quantitative estimate of drug-likeness (QED) is 0.729. The molecule has 0 spiro atoms. The van der Waals surface area contributed by atoms with Gasteiger partial charge < -0.3 is 19.9 Å². The van der Waals surface area contributed by atoms with E-state index in [0.29, 0.717) is 5.56 Å². The molecule has 3 rings (SSSR count). The molecule has 2 N–H and O–H groups in total. The summed E-state index contributed by atoms with van der Waals surface area (Å²) in [6.45, 7) is 0. The lowest BCUT2D eigenvalue weighted by Crippen LogP contribution is -2.15. The van der Waals surface area contributed by atoms with Crippen LogP contribution < -0.4 is 15.2 Å². The zero-order valence-corrected chi connectivity index (χ0v) is 15.1. The normalized spacial score (nSPS) is 12.1. The lowest BCUT2D eigenvalue weighted by atomic mass is 10.0. The van der Waals surface area contributed by atoms with Crippen LogP contribution in [-0.2, 0) is 4.74 Å². The molecule has 25 heavy (non-hydrogen) atoms. The number of hydrogen-bond donors (Lipinski definition) is 1. The van der Waals surface area contributed by atoms with Gasteiger partial charge in [-0.3, -0.25) is 4.79 Å². The molecular formula is C19H19NO4S. The van der Waals surface area contributed by atoms with Crippen LogP contribution in [0.1, 0.15) is 26.9 Å². The molecule has 0 radical (unpaired) electrons. The van der Waals surface area contributed by atoms with Crippen molar-refractivity contribution in [2.24, 2.45) is 5.73 Å². The van der Waals surface area contributed by atoms with Crippen LogP contribution in [0.4, 0.5) is 0 Å². The van der Waals surface area contributed by atoms with E-state index in [2.05, 4.69) is 0 Å². The van der Waals surface area contributed by atoms with Crippen LogP contribution in [0.3, 0.4) is 0 Å². The number of carbonyl (C=O) groups is 1. The monoisotopic (exact) mass is 357 g/mol. The predicted molar refractivity (Wildman–Crippen MR) is 98.7 cm³/mol. The Morgan fingerprint density at radius 1 is 1.00 bits per heavy atom. The van der Waals surface area contributed by atoms with Gasteiger partial charge in [-0.15, -0.1) is 11.3 Å². The highest BCUT2D eigenvalue weighted by atomic mass is 32.1. The summed E-state index contributed by atoms with van der Waals surface area (Å²) in [7, 11) is 4.85. The summed E-state index contributed by atoms with van der Waals surface area (Å²) in [5.41, 5.74) is 7.08. The molecule has 0 saturated heterocycles. The third-order valence-electron chi connectivity index (χ3n) is 4.06. The van der Waals surface area contributed by atoms with Crippen LogP contribution in [0.15, 0.2) is 42.5 Å². The second-order valence-corrected chi connectivity index (χ2v) is 6.54. The van der Waals surface area contributed by atoms with E-state index in [1.54, 1.807) is 21.3 Å². The van der Waals surface area contributed by atoms with Crippen LogP contribution in [0.2, 0.25) is 0 Å². The summed E-state index contributed by atoms with van der Waals surface area (Å²) in [6.07, 6.45) is -0.392. The van der Waals surface area contributed by atoms with Crippen molar-refractivity contribution in [1.82, 2.24) is 0 Å². The number of methoxy groups -OCH3 is 3. The Labute approximate surface area is 149 Å². The minimum atomic E-state index is -0.470. The lowest BCUT2D eigenvalue weighted by Gasteiger charge is -2.16. The summed E-state index contributed by atoms with van der Waals surface area (Å²) in [5.74, 6) is 1.02.